The molecule has 0 unspecified atom stereocenters. The van der Waals surface area contributed by atoms with Gasteiger partial charge < -0.3 is 4.74 Å². The SMILES string of the molecule is CC(C)(C)OC(=O)C1=N/N=C\C=C/C=C\1. The van der Waals surface area contributed by atoms with E-state index in [0.717, 1.165) is 0 Å². The summed E-state index contributed by atoms with van der Waals surface area (Å²) in [6.07, 6.45) is 8.29. The summed E-state index contributed by atoms with van der Waals surface area (Å²) in [5, 5.41) is 7.43. The lowest BCUT2D eigenvalue weighted by molar-refractivity contribution is -0.146. The van der Waals surface area contributed by atoms with E-state index in [9.17, 15) is 4.79 Å². The average molecular weight is 206 g/mol. The summed E-state index contributed by atoms with van der Waals surface area (Å²) >= 11 is 0. The van der Waals surface area contributed by atoms with Gasteiger partial charge in [0.15, 0.2) is 5.71 Å². The molecule has 4 heteroatoms. The number of nitrogens with zero attached hydrogens (tertiary/aromatic N) is 2. The van der Waals surface area contributed by atoms with E-state index in [-0.39, 0.29) is 5.71 Å². The molecule has 0 fully saturated rings. The molecule has 4 nitrogen and oxygen atoms in total. The van der Waals surface area contributed by atoms with Gasteiger partial charge in [-0.25, -0.2) is 4.79 Å². The molecule has 0 saturated carbocycles. The van der Waals surface area contributed by atoms with Crippen LogP contribution in [0.15, 0.2) is 34.5 Å². The Kier molecular flexibility index (Phi) is 3.55. The van der Waals surface area contributed by atoms with Crippen molar-refractivity contribution in [2.24, 2.45) is 10.2 Å². The van der Waals surface area contributed by atoms with Crippen molar-refractivity contribution < 1.29 is 9.53 Å². The fourth-order valence-corrected chi connectivity index (χ4v) is 0.867. The van der Waals surface area contributed by atoms with Crippen LogP contribution >= 0.6 is 0 Å². The molecule has 1 heterocycles. The number of ether oxygens (including phenoxy) is 1. The van der Waals surface area contributed by atoms with Crippen molar-refractivity contribution in [1.29, 1.82) is 0 Å². The molecule has 1 aliphatic heterocycles. The molecule has 15 heavy (non-hydrogen) atoms. The quantitative estimate of drug-likeness (QED) is 0.615. The van der Waals surface area contributed by atoms with Crippen LogP contribution in [0.2, 0.25) is 0 Å². The van der Waals surface area contributed by atoms with Crippen LogP contribution in [-0.4, -0.2) is 23.5 Å². The van der Waals surface area contributed by atoms with E-state index in [1.807, 2.05) is 0 Å². The lowest BCUT2D eigenvalue weighted by Gasteiger charge is -2.18. The zero-order chi connectivity index (χ0) is 11.3. The smallest absolute Gasteiger partial charge is 0.359 e. The number of hydrogen-bond acceptors (Lipinski definition) is 4. The average Bonchev–Trinajstić information content (AvgIpc) is 1.98. The Morgan fingerprint density at radius 3 is 2.67 bits per heavy atom. The van der Waals surface area contributed by atoms with Crippen LogP contribution in [0.3, 0.4) is 0 Å². The molecule has 0 radical (unpaired) electrons. The van der Waals surface area contributed by atoms with E-state index in [4.69, 9.17) is 4.74 Å². The zero-order valence-electron chi connectivity index (χ0n) is 9.10. The third-order valence-electron chi connectivity index (χ3n) is 1.40. The number of hydrogen-bond donors (Lipinski definition) is 0. The predicted molar refractivity (Wildman–Crippen MR) is 60.1 cm³/mol. The van der Waals surface area contributed by atoms with E-state index in [1.54, 1.807) is 45.1 Å². The van der Waals surface area contributed by atoms with Gasteiger partial charge in [-0.3, -0.25) is 0 Å². The first kappa shape index (κ1) is 11.4. The maximum absolute atomic E-state index is 11.6. The first-order chi connectivity index (χ1) is 6.99. The van der Waals surface area contributed by atoms with Crippen molar-refractivity contribution >= 4 is 17.9 Å². The molecule has 1 aliphatic rings. The molecule has 0 amide bonds. The van der Waals surface area contributed by atoms with Crippen molar-refractivity contribution in [2.45, 2.75) is 26.4 Å². The topological polar surface area (TPSA) is 51.0 Å². The Balaban J connectivity index is 2.75. The number of carbonyl (C=O) groups excluding carboxylic acids is 1. The summed E-state index contributed by atoms with van der Waals surface area (Å²) in [6.45, 7) is 5.42. The molecular formula is C11H14N2O2. The molecule has 0 atom stereocenters. The molecule has 0 spiro atoms. The Morgan fingerprint density at radius 2 is 2.00 bits per heavy atom. The van der Waals surface area contributed by atoms with Crippen LogP contribution in [0.25, 0.3) is 0 Å². The predicted octanol–water partition coefficient (Wildman–Crippen LogP) is 1.88. The van der Waals surface area contributed by atoms with Crippen molar-refractivity contribution in [3.63, 3.8) is 0 Å². The van der Waals surface area contributed by atoms with E-state index in [0.29, 0.717) is 0 Å². The standard InChI is InChI=1S/C11H14N2O2/c1-11(2,3)15-10(14)9-7-5-4-6-8-12-13-9/h4-8H,1-3H3/b5-4?,6-4-,7-5-,8-6?,9-7?,12-8-,13-9+,13-12?. The third kappa shape index (κ3) is 4.35. The number of esters is 1. The second kappa shape index (κ2) is 4.68. The molecule has 0 aromatic heterocycles. The fraction of sp³-hybridized carbons (Fsp3) is 0.364. The van der Waals surface area contributed by atoms with Gasteiger partial charge in [0.2, 0.25) is 0 Å². The van der Waals surface area contributed by atoms with Crippen LogP contribution in [0, 0.1) is 0 Å². The van der Waals surface area contributed by atoms with Gasteiger partial charge in [0, 0.05) is 6.21 Å². The van der Waals surface area contributed by atoms with Gasteiger partial charge in [0.05, 0.1) is 0 Å². The normalized spacial score (nSPS) is 25.4. The second-order valence-corrected chi connectivity index (χ2v) is 4.00. The highest BCUT2D eigenvalue weighted by Gasteiger charge is 2.19. The molecule has 0 aliphatic carbocycles. The summed E-state index contributed by atoms with van der Waals surface area (Å²) in [7, 11) is 0. The van der Waals surface area contributed by atoms with Crippen molar-refractivity contribution in [3.8, 4) is 0 Å². The van der Waals surface area contributed by atoms with Crippen LogP contribution in [-0.2, 0) is 9.53 Å². The fourth-order valence-electron chi connectivity index (χ4n) is 0.867. The molecule has 1 rings (SSSR count). The minimum Gasteiger partial charge on any atom is -0.455 e. The molecule has 0 aromatic carbocycles. The molecule has 0 bridgehead atoms. The summed E-state index contributed by atoms with van der Waals surface area (Å²) in [4.78, 5) is 11.6. The number of allylic oxidation sites excluding steroid dienone is 3. The summed E-state index contributed by atoms with van der Waals surface area (Å²) < 4.78 is 5.15. The highest BCUT2D eigenvalue weighted by atomic mass is 16.6. The Bertz CT molecular complexity index is 357. The minimum absolute atomic E-state index is 0.200. The van der Waals surface area contributed by atoms with Crippen molar-refractivity contribution in [1.82, 2.24) is 0 Å². The highest BCUT2D eigenvalue weighted by Crippen LogP contribution is 2.08. The summed E-state index contributed by atoms with van der Waals surface area (Å²) in [5.74, 6) is -0.466. The van der Waals surface area contributed by atoms with Gasteiger partial charge in [-0.2, -0.15) is 5.10 Å². The van der Waals surface area contributed by atoms with Gasteiger partial charge in [-0.1, -0.05) is 12.2 Å². The molecule has 0 aromatic rings. The number of carbonyl (C=O) groups is 1. The summed E-state index contributed by atoms with van der Waals surface area (Å²) in [6, 6.07) is 0. The van der Waals surface area contributed by atoms with E-state index in [2.05, 4.69) is 10.2 Å². The maximum atomic E-state index is 11.6. The molecular weight excluding hydrogens is 192 g/mol. The molecule has 0 saturated heterocycles. The van der Waals surface area contributed by atoms with Gasteiger partial charge in [0.25, 0.3) is 0 Å². The lowest BCUT2D eigenvalue weighted by Crippen LogP contribution is -2.28. The largest absolute Gasteiger partial charge is 0.455 e. The lowest BCUT2D eigenvalue weighted by atomic mass is 10.2. The maximum Gasteiger partial charge on any atom is 0.359 e. The molecule has 0 N–H and O–H groups in total. The summed E-state index contributed by atoms with van der Waals surface area (Å²) in [5.41, 5.74) is -0.319. The first-order valence-electron chi connectivity index (χ1n) is 4.67. The monoisotopic (exact) mass is 206 g/mol. The van der Waals surface area contributed by atoms with E-state index < -0.39 is 11.6 Å². The van der Waals surface area contributed by atoms with E-state index in [1.165, 1.54) is 6.21 Å². The van der Waals surface area contributed by atoms with Crippen LogP contribution in [0.5, 0.6) is 0 Å². The van der Waals surface area contributed by atoms with Gasteiger partial charge in [-0.15, -0.1) is 5.10 Å². The molecule has 80 valence electrons. The van der Waals surface area contributed by atoms with Crippen LogP contribution in [0.4, 0.5) is 0 Å². The Morgan fingerprint density at radius 1 is 1.27 bits per heavy atom. The van der Waals surface area contributed by atoms with Gasteiger partial charge in [-0.05, 0) is 32.9 Å². The van der Waals surface area contributed by atoms with Gasteiger partial charge >= 0.3 is 5.97 Å². The third-order valence-corrected chi connectivity index (χ3v) is 1.40. The van der Waals surface area contributed by atoms with E-state index >= 15 is 0 Å². The first-order valence-corrected chi connectivity index (χ1v) is 4.67. The minimum atomic E-state index is -0.518. The highest BCUT2D eigenvalue weighted by molar-refractivity contribution is 6.41. The second-order valence-electron chi connectivity index (χ2n) is 4.00. The van der Waals surface area contributed by atoms with Crippen molar-refractivity contribution in [3.05, 3.63) is 24.3 Å². The van der Waals surface area contributed by atoms with Crippen LogP contribution in [0.1, 0.15) is 20.8 Å². The van der Waals surface area contributed by atoms with Gasteiger partial charge in [0.1, 0.15) is 5.60 Å². The number of rotatable bonds is 1. The van der Waals surface area contributed by atoms with Crippen LogP contribution < -0.4 is 0 Å². The zero-order valence-corrected chi connectivity index (χ0v) is 9.10. The Labute approximate surface area is 89.0 Å². The Hall–Kier alpha value is -1.71. The van der Waals surface area contributed by atoms with Crippen molar-refractivity contribution in [2.75, 3.05) is 0 Å².